The molecular formula is C21H25N3O. The van der Waals surface area contributed by atoms with Gasteiger partial charge in [0.15, 0.2) is 0 Å². The Kier molecular flexibility index (Phi) is 4.36. The van der Waals surface area contributed by atoms with Crippen LogP contribution in [0.1, 0.15) is 5.56 Å². The standard InChI is InChI=1S/C21H25N3O/c1-17-15-24(21-9-4-3-8-20(17)21)16-22-10-12-23(13-11-22)18-6-5-7-19(14-18)25-2/h3-9,14-15H,10-13,16H2,1-2H3. The van der Waals surface area contributed by atoms with Crippen molar-refractivity contribution in [2.24, 2.45) is 0 Å². The summed E-state index contributed by atoms with van der Waals surface area (Å²) < 4.78 is 7.73. The topological polar surface area (TPSA) is 20.6 Å². The van der Waals surface area contributed by atoms with Crippen LogP contribution in [0.4, 0.5) is 5.69 Å². The van der Waals surface area contributed by atoms with Gasteiger partial charge in [0.25, 0.3) is 0 Å². The summed E-state index contributed by atoms with van der Waals surface area (Å²) in [6, 6.07) is 17.0. The number of anilines is 1. The van der Waals surface area contributed by atoms with Crippen LogP contribution in [0.5, 0.6) is 5.75 Å². The van der Waals surface area contributed by atoms with Crippen LogP contribution in [-0.4, -0.2) is 42.8 Å². The van der Waals surface area contributed by atoms with E-state index in [4.69, 9.17) is 4.74 Å². The Hall–Kier alpha value is -2.46. The van der Waals surface area contributed by atoms with Crippen molar-refractivity contribution in [1.82, 2.24) is 9.47 Å². The highest BCUT2D eigenvalue weighted by atomic mass is 16.5. The van der Waals surface area contributed by atoms with Crippen molar-refractivity contribution in [3.05, 3.63) is 60.3 Å². The molecule has 4 heteroatoms. The second-order valence-electron chi connectivity index (χ2n) is 6.75. The molecule has 4 nitrogen and oxygen atoms in total. The number of nitrogens with zero attached hydrogens (tertiary/aromatic N) is 3. The maximum atomic E-state index is 5.35. The van der Waals surface area contributed by atoms with Gasteiger partial charge in [-0.15, -0.1) is 0 Å². The lowest BCUT2D eigenvalue weighted by Crippen LogP contribution is -2.46. The minimum absolute atomic E-state index is 0.925. The van der Waals surface area contributed by atoms with E-state index in [1.807, 2.05) is 6.07 Å². The van der Waals surface area contributed by atoms with Crippen LogP contribution in [0.2, 0.25) is 0 Å². The Morgan fingerprint density at radius 1 is 0.960 bits per heavy atom. The highest BCUT2D eigenvalue weighted by Gasteiger charge is 2.18. The van der Waals surface area contributed by atoms with E-state index in [0.29, 0.717) is 0 Å². The Morgan fingerprint density at radius 3 is 2.56 bits per heavy atom. The Labute approximate surface area is 149 Å². The van der Waals surface area contributed by atoms with Gasteiger partial charge in [0.05, 0.1) is 13.8 Å². The third-order valence-corrected chi connectivity index (χ3v) is 5.13. The van der Waals surface area contributed by atoms with E-state index in [9.17, 15) is 0 Å². The number of piperazine rings is 1. The SMILES string of the molecule is COc1cccc(N2CCN(Cn3cc(C)c4ccccc43)CC2)c1. The van der Waals surface area contributed by atoms with Crippen LogP contribution in [-0.2, 0) is 6.67 Å². The zero-order valence-electron chi connectivity index (χ0n) is 15.0. The molecule has 1 fully saturated rings. The van der Waals surface area contributed by atoms with Gasteiger partial charge >= 0.3 is 0 Å². The van der Waals surface area contributed by atoms with E-state index < -0.39 is 0 Å². The molecule has 25 heavy (non-hydrogen) atoms. The van der Waals surface area contributed by atoms with E-state index >= 15 is 0 Å². The third-order valence-electron chi connectivity index (χ3n) is 5.13. The number of rotatable bonds is 4. The van der Waals surface area contributed by atoms with Gasteiger partial charge in [0.2, 0.25) is 0 Å². The van der Waals surface area contributed by atoms with E-state index in [1.54, 1.807) is 7.11 Å². The normalized spacial score (nSPS) is 15.7. The first-order valence-corrected chi connectivity index (χ1v) is 8.90. The Morgan fingerprint density at radius 2 is 1.76 bits per heavy atom. The van der Waals surface area contributed by atoms with Crippen molar-refractivity contribution in [3.8, 4) is 5.75 Å². The number of hydrogen-bond donors (Lipinski definition) is 0. The summed E-state index contributed by atoms with van der Waals surface area (Å²) in [6.07, 6.45) is 2.28. The summed E-state index contributed by atoms with van der Waals surface area (Å²) in [5, 5.41) is 1.36. The molecule has 1 saturated heterocycles. The predicted molar refractivity (Wildman–Crippen MR) is 103 cm³/mol. The lowest BCUT2D eigenvalue weighted by Gasteiger charge is -2.36. The average Bonchev–Trinajstić information content (AvgIpc) is 2.98. The second-order valence-corrected chi connectivity index (χ2v) is 6.75. The number of benzene rings is 2. The number of fused-ring (bicyclic) bond motifs is 1. The molecule has 1 aliphatic rings. The molecule has 2 heterocycles. The van der Waals surface area contributed by atoms with Crippen molar-refractivity contribution in [1.29, 1.82) is 0 Å². The highest BCUT2D eigenvalue weighted by molar-refractivity contribution is 5.83. The first-order chi connectivity index (χ1) is 12.2. The molecule has 0 N–H and O–H groups in total. The first-order valence-electron chi connectivity index (χ1n) is 8.90. The summed E-state index contributed by atoms with van der Waals surface area (Å²) in [6.45, 7) is 7.39. The lowest BCUT2D eigenvalue weighted by molar-refractivity contribution is 0.209. The molecule has 0 unspecified atom stereocenters. The fourth-order valence-electron chi connectivity index (χ4n) is 3.72. The first kappa shape index (κ1) is 16.0. The lowest BCUT2D eigenvalue weighted by atomic mass is 10.2. The fraction of sp³-hybridized carbons (Fsp3) is 0.333. The van der Waals surface area contributed by atoms with Gasteiger partial charge in [-0.2, -0.15) is 0 Å². The van der Waals surface area contributed by atoms with Gasteiger partial charge in [-0.1, -0.05) is 24.3 Å². The van der Waals surface area contributed by atoms with E-state index in [1.165, 1.54) is 22.2 Å². The summed E-state index contributed by atoms with van der Waals surface area (Å²) in [5.41, 5.74) is 3.93. The van der Waals surface area contributed by atoms with Crippen molar-refractivity contribution >= 4 is 16.6 Å². The predicted octanol–water partition coefficient (Wildman–Crippen LogP) is 3.74. The fourth-order valence-corrected chi connectivity index (χ4v) is 3.72. The summed E-state index contributed by atoms with van der Waals surface area (Å²) in [7, 11) is 1.72. The number of ether oxygens (including phenoxy) is 1. The molecule has 0 radical (unpaired) electrons. The zero-order valence-corrected chi connectivity index (χ0v) is 15.0. The molecule has 130 valence electrons. The smallest absolute Gasteiger partial charge is 0.120 e. The molecule has 1 aliphatic heterocycles. The van der Waals surface area contributed by atoms with Gasteiger partial charge < -0.3 is 14.2 Å². The van der Waals surface area contributed by atoms with E-state index in [0.717, 1.165) is 38.6 Å². The van der Waals surface area contributed by atoms with E-state index in [-0.39, 0.29) is 0 Å². The largest absolute Gasteiger partial charge is 0.497 e. The van der Waals surface area contributed by atoms with Gasteiger partial charge in [-0.25, -0.2) is 0 Å². The molecule has 0 saturated carbocycles. The van der Waals surface area contributed by atoms with Crippen molar-refractivity contribution in [2.45, 2.75) is 13.6 Å². The summed E-state index contributed by atoms with van der Waals surface area (Å²) in [5.74, 6) is 0.925. The molecule has 0 spiro atoms. The van der Waals surface area contributed by atoms with Crippen LogP contribution in [0.15, 0.2) is 54.7 Å². The van der Waals surface area contributed by atoms with Gasteiger partial charge in [-0.05, 0) is 30.7 Å². The number of aromatic nitrogens is 1. The van der Waals surface area contributed by atoms with Crippen LogP contribution < -0.4 is 9.64 Å². The van der Waals surface area contributed by atoms with Gasteiger partial charge in [0, 0.05) is 55.0 Å². The molecule has 0 amide bonds. The molecule has 0 bridgehead atoms. The molecule has 0 aliphatic carbocycles. The molecule has 2 aromatic carbocycles. The number of methoxy groups -OCH3 is 1. The molecule has 1 aromatic heterocycles. The minimum atomic E-state index is 0.925. The molecule has 0 atom stereocenters. The monoisotopic (exact) mass is 335 g/mol. The maximum absolute atomic E-state index is 5.35. The summed E-state index contributed by atoms with van der Waals surface area (Å²) >= 11 is 0. The molecule has 4 rings (SSSR count). The van der Waals surface area contributed by atoms with Crippen molar-refractivity contribution < 1.29 is 4.74 Å². The van der Waals surface area contributed by atoms with Crippen LogP contribution in [0.3, 0.4) is 0 Å². The Balaban J connectivity index is 1.43. The second kappa shape index (κ2) is 6.81. The Bertz CT molecular complexity index is 862. The van der Waals surface area contributed by atoms with Gasteiger partial charge in [0.1, 0.15) is 5.75 Å². The number of para-hydroxylation sites is 1. The number of aryl methyl sites for hydroxylation is 1. The van der Waals surface area contributed by atoms with Crippen molar-refractivity contribution in [3.63, 3.8) is 0 Å². The third kappa shape index (κ3) is 3.22. The van der Waals surface area contributed by atoms with Crippen molar-refractivity contribution in [2.75, 3.05) is 38.2 Å². The number of hydrogen-bond acceptors (Lipinski definition) is 3. The van der Waals surface area contributed by atoms with Crippen LogP contribution >= 0.6 is 0 Å². The van der Waals surface area contributed by atoms with E-state index in [2.05, 4.69) is 70.0 Å². The molecule has 3 aromatic rings. The summed E-state index contributed by atoms with van der Waals surface area (Å²) in [4.78, 5) is 4.97. The highest BCUT2D eigenvalue weighted by Crippen LogP contribution is 2.24. The minimum Gasteiger partial charge on any atom is -0.497 e. The quantitative estimate of drug-likeness (QED) is 0.725. The van der Waals surface area contributed by atoms with Crippen LogP contribution in [0.25, 0.3) is 10.9 Å². The zero-order chi connectivity index (χ0) is 17.2. The molecular weight excluding hydrogens is 310 g/mol. The van der Waals surface area contributed by atoms with Gasteiger partial charge in [-0.3, -0.25) is 4.90 Å². The van der Waals surface area contributed by atoms with Crippen LogP contribution in [0, 0.1) is 6.92 Å². The maximum Gasteiger partial charge on any atom is 0.120 e. The average molecular weight is 335 g/mol.